The number of thiophene rings is 1. The molecule has 1 unspecified atom stereocenters. The van der Waals surface area contributed by atoms with Gasteiger partial charge in [0.05, 0.1) is 5.56 Å². The predicted octanol–water partition coefficient (Wildman–Crippen LogP) is 2.58. The van der Waals surface area contributed by atoms with Crippen LogP contribution in [0.1, 0.15) is 45.2 Å². The maximum atomic E-state index is 12.6. The van der Waals surface area contributed by atoms with E-state index in [0.717, 1.165) is 24.8 Å². The van der Waals surface area contributed by atoms with Gasteiger partial charge in [0, 0.05) is 10.3 Å². The van der Waals surface area contributed by atoms with Crippen LogP contribution in [0.2, 0.25) is 0 Å². The molecule has 114 valence electrons. The summed E-state index contributed by atoms with van der Waals surface area (Å²) in [6.45, 7) is 0. The Hall–Kier alpha value is -2.14. The summed E-state index contributed by atoms with van der Waals surface area (Å²) in [7, 11) is 0. The summed E-state index contributed by atoms with van der Waals surface area (Å²) in [5.41, 5.74) is 8.00. The van der Waals surface area contributed by atoms with Gasteiger partial charge in [-0.15, -0.1) is 11.3 Å². The molecule has 5 heteroatoms. The summed E-state index contributed by atoms with van der Waals surface area (Å²) in [4.78, 5) is 25.6. The molecular formula is C17H18N2O2S. The van der Waals surface area contributed by atoms with E-state index < -0.39 is 11.9 Å². The van der Waals surface area contributed by atoms with Crippen LogP contribution in [0.25, 0.3) is 0 Å². The maximum absolute atomic E-state index is 12.6. The molecule has 0 aliphatic heterocycles. The molecule has 2 aromatic rings. The first-order chi connectivity index (χ1) is 10.7. The largest absolute Gasteiger partial charge is 0.368 e. The van der Waals surface area contributed by atoms with Crippen LogP contribution in [0.15, 0.2) is 35.7 Å². The molecule has 1 aliphatic carbocycles. The smallest absolute Gasteiger partial charge is 0.253 e. The summed E-state index contributed by atoms with van der Waals surface area (Å²) < 4.78 is 0. The van der Waals surface area contributed by atoms with Gasteiger partial charge in [0.2, 0.25) is 5.91 Å². The Kier molecular flexibility index (Phi) is 4.24. The molecule has 1 heterocycles. The van der Waals surface area contributed by atoms with Crippen molar-refractivity contribution in [2.45, 2.75) is 31.7 Å². The molecule has 2 amide bonds. The highest BCUT2D eigenvalue weighted by Crippen LogP contribution is 2.30. The predicted molar refractivity (Wildman–Crippen MR) is 86.8 cm³/mol. The van der Waals surface area contributed by atoms with E-state index in [1.807, 2.05) is 23.6 Å². The van der Waals surface area contributed by atoms with Gasteiger partial charge in [0.25, 0.3) is 5.91 Å². The lowest BCUT2D eigenvalue weighted by atomic mass is 9.95. The van der Waals surface area contributed by atoms with E-state index in [1.165, 1.54) is 11.3 Å². The minimum Gasteiger partial charge on any atom is -0.368 e. The van der Waals surface area contributed by atoms with E-state index in [9.17, 15) is 9.59 Å². The van der Waals surface area contributed by atoms with Crippen molar-refractivity contribution in [3.05, 3.63) is 57.3 Å². The van der Waals surface area contributed by atoms with Crippen molar-refractivity contribution in [2.75, 3.05) is 0 Å². The lowest BCUT2D eigenvalue weighted by Crippen LogP contribution is -2.37. The number of hydrogen-bond donors (Lipinski definition) is 2. The van der Waals surface area contributed by atoms with E-state index in [2.05, 4.69) is 5.32 Å². The molecule has 0 bridgehead atoms. The van der Waals surface area contributed by atoms with Gasteiger partial charge in [-0.05, 0) is 36.8 Å². The summed E-state index contributed by atoms with van der Waals surface area (Å²) in [5, 5.41) is 4.68. The lowest BCUT2D eigenvalue weighted by molar-refractivity contribution is -0.120. The number of carbonyl (C=O) groups excluding carboxylic acids is 2. The quantitative estimate of drug-likeness (QED) is 0.910. The molecule has 0 radical (unpaired) electrons. The van der Waals surface area contributed by atoms with Gasteiger partial charge in [-0.2, -0.15) is 0 Å². The number of rotatable bonds is 4. The van der Waals surface area contributed by atoms with Crippen LogP contribution in [0, 0.1) is 0 Å². The van der Waals surface area contributed by atoms with Crippen LogP contribution in [0.5, 0.6) is 0 Å². The van der Waals surface area contributed by atoms with Crippen molar-refractivity contribution >= 4 is 23.2 Å². The Bertz CT molecular complexity index is 694. The minimum atomic E-state index is -0.798. The van der Waals surface area contributed by atoms with Crippen LogP contribution in [0.3, 0.4) is 0 Å². The van der Waals surface area contributed by atoms with Gasteiger partial charge in [0.15, 0.2) is 0 Å². The molecule has 0 saturated heterocycles. The second-order valence-corrected chi connectivity index (χ2v) is 6.44. The highest BCUT2D eigenvalue weighted by Gasteiger charge is 2.24. The topological polar surface area (TPSA) is 72.2 Å². The van der Waals surface area contributed by atoms with Gasteiger partial charge < -0.3 is 11.1 Å². The van der Waals surface area contributed by atoms with Gasteiger partial charge in [-0.1, -0.05) is 30.3 Å². The second kappa shape index (κ2) is 6.32. The number of nitrogens with two attached hydrogens (primary N) is 1. The van der Waals surface area contributed by atoms with Crippen molar-refractivity contribution < 1.29 is 9.59 Å². The number of hydrogen-bond acceptors (Lipinski definition) is 3. The van der Waals surface area contributed by atoms with Crippen LogP contribution < -0.4 is 11.1 Å². The third-order valence-corrected chi connectivity index (χ3v) is 5.09. The zero-order valence-corrected chi connectivity index (χ0v) is 13.0. The van der Waals surface area contributed by atoms with E-state index in [-0.39, 0.29) is 5.91 Å². The first-order valence-electron chi connectivity index (χ1n) is 7.41. The molecule has 1 aromatic heterocycles. The van der Waals surface area contributed by atoms with Crippen molar-refractivity contribution in [2.24, 2.45) is 5.73 Å². The zero-order chi connectivity index (χ0) is 15.5. The van der Waals surface area contributed by atoms with Gasteiger partial charge in [-0.25, -0.2) is 0 Å². The molecule has 1 aliphatic rings. The van der Waals surface area contributed by atoms with Crippen molar-refractivity contribution in [1.29, 1.82) is 0 Å². The molecule has 1 aromatic carbocycles. The normalized spacial score (nSPS) is 14.9. The first-order valence-corrected chi connectivity index (χ1v) is 8.29. The first kappa shape index (κ1) is 14.8. The number of primary amides is 1. The number of fused-ring (bicyclic) bond motifs is 1. The molecule has 3 rings (SSSR count). The van der Waals surface area contributed by atoms with Crippen LogP contribution in [-0.4, -0.2) is 11.8 Å². The average Bonchev–Trinajstić information content (AvgIpc) is 2.97. The number of carbonyl (C=O) groups is 2. The number of aryl methyl sites for hydroxylation is 1. The number of nitrogens with one attached hydrogen (secondary N) is 1. The van der Waals surface area contributed by atoms with Crippen molar-refractivity contribution in [3.8, 4) is 0 Å². The van der Waals surface area contributed by atoms with Gasteiger partial charge in [0.1, 0.15) is 6.04 Å². The summed E-state index contributed by atoms with van der Waals surface area (Å²) in [6, 6.07) is 8.29. The molecule has 0 spiro atoms. The molecule has 0 fully saturated rings. The molecule has 3 N–H and O–H groups in total. The van der Waals surface area contributed by atoms with Gasteiger partial charge in [-0.3, -0.25) is 9.59 Å². The minimum absolute atomic E-state index is 0.216. The zero-order valence-electron chi connectivity index (χ0n) is 12.2. The van der Waals surface area contributed by atoms with Crippen LogP contribution in [-0.2, 0) is 17.6 Å². The average molecular weight is 314 g/mol. The van der Waals surface area contributed by atoms with Gasteiger partial charge >= 0.3 is 0 Å². The van der Waals surface area contributed by atoms with E-state index >= 15 is 0 Å². The highest BCUT2D eigenvalue weighted by molar-refractivity contribution is 7.10. The van der Waals surface area contributed by atoms with E-state index in [1.54, 1.807) is 23.5 Å². The Morgan fingerprint density at radius 2 is 1.86 bits per heavy atom. The molecule has 4 nitrogen and oxygen atoms in total. The maximum Gasteiger partial charge on any atom is 0.253 e. The lowest BCUT2D eigenvalue weighted by Gasteiger charge is -2.17. The third kappa shape index (κ3) is 2.90. The third-order valence-electron chi connectivity index (χ3n) is 4.00. The monoisotopic (exact) mass is 314 g/mol. The van der Waals surface area contributed by atoms with Crippen LogP contribution in [0.4, 0.5) is 0 Å². The number of benzene rings is 1. The molecular weight excluding hydrogens is 296 g/mol. The Morgan fingerprint density at radius 3 is 2.59 bits per heavy atom. The van der Waals surface area contributed by atoms with Crippen LogP contribution >= 0.6 is 11.3 Å². The highest BCUT2D eigenvalue weighted by atomic mass is 32.1. The summed E-state index contributed by atoms with van der Waals surface area (Å²) in [6.07, 6.45) is 4.28. The Balaban J connectivity index is 1.83. The Labute approximate surface area is 133 Å². The summed E-state index contributed by atoms with van der Waals surface area (Å²) >= 11 is 1.63. The fraction of sp³-hybridized carbons (Fsp3) is 0.294. The molecule has 0 saturated carbocycles. The number of amides is 2. The fourth-order valence-electron chi connectivity index (χ4n) is 2.86. The van der Waals surface area contributed by atoms with Crippen molar-refractivity contribution in [3.63, 3.8) is 0 Å². The molecule has 1 atom stereocenters. The summed E-state index contributed by atoms with van der Waals surface area (Å²) in [5.74, 6) is -0.768. The fourth-order valence-corrected chi connectivity index (χ4v) is 3.98. The Morgan fingerprint density at radius 1 is 1.14 bits per heavy atom. The second-order valence-electron chi connectivity index (χ2n) is 5.48. The SMILES string of the molecule is NC(=O)C(NC(=O)c1csc2c1CCCC2)c1ccccc1. The van der Waals surface area contributed by atoms with Crippen molar-refractivity contribution in [1.82, 2.24) is 5.32 Å². The van der Waals surface area contributed by atoms with E-state index in [4.69, 9.17) is 5.73 Å². The standard InChI is InChI=1S/C17H18N2O2S/c18-16(20)15(11-6-2-1-3-7-11)19-17(21)13-10-22-14-9-5-4-8-12(13)14/h1-3,6-7,10,15H,4-5,8-9H2,(H2,18,20)(H,19,21). The van der Waals surface area contributed by atoms with E-state index in [0.29, 0.717) is 11.1 Å². The molecule has 22 heavy (non-hydrogen) atoms.